The Bertz CT molecular complexity index is 311. The van der Waals surface area contributed by atoms with E-state index in [1.54, 1.807) is 0 Å². The van der Waals surface area contributed by atoms with Crippen molar-refractivity contribution in [3.8, 4) is 0 Å². The molecule has 4 nitrogen and oxygen atoms in total. The van der Waals surface area contributed by atoms with E-state index in [1.807, 2.05) is 20.8 Å². The third-order valence-electron chi connectivity index (χ3n) is 3.49. The molecule has 0 heterocycles. The maximum Gasteiger partial charge on any atom is 0.303 e. The normalized spacial score (nSPS) is 19.3. The van der Waals surface area contributed by atoms with Gasteiger partial charge in [0.2, 0.25) is 5.91 Å². The fourth-order valence-electron chi connectivity index (χ4n) is 2.84. The molecular formula is C14H25NO3. The van der Waals surface area contributed by atoms with E-state index < -0.39 is 5.97 Å². The van der Waals surface area contributed by atoms with Gasteiger partial charge in [-0.1, -0.05) is 19.3 Å². The quantitative estimate of drug-likeness (QED) is 0.811. The highest BCUT2D eigenvalue weighted by atomic mass is 16.4. The molecule has 0 aromatic heterocycles. The van der Waals surface area contributed by atoms with Crippen molar-refractivity contribution >= 4 is 11.9 Å². The highest BCUT2D eigenvalue weighted by Crippen LogP contribution is 2.42. The van der Waals surface area contributed by atoms with Gasteiger partial charge in [0.1, 0.15) is 0 Å². The van der Waals surface area contributed by atoms with Crippen LogP contribution in [-0.2, 0) is 9.59 Å². The Morgan fingerprint density at radius 2 is 1.67 bits per heavy atom. The summed E-state index contributed by atoms with van der Waals surface area (Å²) in [5.41, 5.74) is -0.574. The van der Waals surface area contributed by atoms with Crippen LogP contribution in [0.5, 0.6) is 0 Å². The molecule has 0 saturated heterocycles. The topological polar surface area (TPSA) is 66.4 Å². The summed E-state index contributed by atoms with van der Waals surface area (Å²) in [5, 5.41) is 12.0. The van der Waals surface area contributed by atoms with E-state index in [0.29, 0.717) is 6.42 Å². The van der Waals surface area contributed by atoms with Crippen LogP contribution in [0.3, 0.4) is 0 Å². The minimum Gasteiger partial charge on any atom is -0.481 e. The zero-order chi connectivity index (χ0) is 13.8. The van der Waals surface area contributed by atoms with Crippen molar-refractivity contribution in [2.75, 3.05) is 0 Å². The van der Waals surface area contributed by atoms with Crippen LogP contribution in [0.25, 0.3) is 0 Å². The number of hydrogen-bond donors (Lipinski definition) is 2. The van der Waals surface area contributed by atoms with Gasteiger partial charge in [-0.05, 0) is 39.0 Å². The van der Waals surface area contributed by atoms with E-state index in [2.05, 4.69) is 5.32 Å². The van der Waals surface area contributed by atoms with Gasteiger partial charge in [0, 0.05) is 12.0 Å². The van der Waals surface area contributed by atoms with Crippen molar-refractivity contribution in [2.24, 2.45) is 5.41 Å². The third kappa shape index (κ3) is 5.07. The highest BCUT2D eigenvalue weighted by molar-refractivity contribution is 5.78. The molecule has 1 fully saturated rings. The summed E-state index contributed by atoms with van der Waals surface area (Å²) in [7, 11) is 0. The van der Waals surface area contributed by atoms with Crippen molar-refractivity contribution in [1.29, 1.82) is 0 Å². The second-order valence-electron chi connectivity index (χ2n) is 6.61. The van der Waals surface area contributed by atoms with Crippen molar-refractivity contribution < 1.29 is 14.7 Å². The first-order valence-corrected chi connectivity index (χ1v) is 6.75. The number of nitrogens with one attached hydrogen (secondary N) is 1. The lowest BCUT2D eigenvalue weighted by Crippen LogP contribution is -2.43. The summed E-state index contributed by atoms with van der Waals surface area (Å²) in [6, 6.07) is 0. The van der Waals surface area contributed by atoms with Crippen molar-refractivity contribution in [3.63, 3.8) is 0 Å². The van der Waals surface area contributed by atoms with Crippen molar-refractivity contribution in [3.05, 3.63) is 0 Å². The van der Waals surface area contributed by atoms with Crippen LogP contribution in [0.1, 0.15) is 65.7 Å². The molecule has 0 bridgehead atoms. The van der Waals surface area contributed by atoms with Gasteiger partial charge in [-0.15, -0.1) is 0 Å². The number of carbonyl (C=O) groups excluding carboxylic acids is 1. The van der Waals surface area contributed by atoms with E-state index in [-0.39, 0.29) is 23.3 Å². The van der Waals surface area contributed by atoms with Gasteiger partial charge in [0.15, 0.2) is 0 Å². The predicted octanol–water partition coefficient (Wildman–Crippen LogP) is 2.72. The van der Waals surface area contributed by atoms with Gasteiger partial charge in [0.05, 0.1) is 6.42 Å². The van der Waals surface area contributed by atoms with Crippen molar-refractivity contribution in [1.82, 2.24) is 5.32 Å². The molecule has 0 unspecified atom stereocenters. The Morgan fingerprint density at radius 3 is 2.11 bits per heavy atom. The van der Waals surface area contributed by atoms with E-state index in [1.165, 1.54) is 0 Å². The number of rotatable bonds is 4. The van der Waals surface area contributed by atoms with Gasteiger partial charge in [-0.25, -0.2) is 0 Å². The molecule has 1 rings (SSSR count). The van der Waals surface area contributed by atoms with Gasteiger partial charge >= 0.3 is 5.97 Å². The summed E-state index contributed by atoms with van der Waals surface area (Å²) in [6.45, 7) is 5.82. The van der Waals surface area contributed by atoms with Gasteiger partial charge in [0.25, 0.3) is 0 Å². The molecule has 1 aliphatic carbocycles. The molecule has 2 N–H and O–H groups in total. The number of carbonyl (C=O) groups is 2. The molecular weight excluding hydrogens is 230 g/mol. The summed E-state index contributed by atoms with van der Waals surface area (Å²) >= 11 is 0. The molecule has 0 aliphatic heterocycles. The summed E-state index contributed by atoms with van der Waals surface area (Å²) in [4.78, 5) is 23.0. The standard InChI is InChI=1S/C14H25NO3/c1-13(2,3)15-11(16)9-14(10-12(17)18)7-5-4-6-8-14/h4-10H2,1-3H3,(H,15,16)(H,17,18). The van der Waals surface area contributed by atoms with E-state index in [4.69, 9.17) is 5.11 Å². The lowest BCUT2D eigenvalue weighted by molar-refractivity contribution is -0.141. The fraction of sp³-hybridized carbons (Fsp3) is 0.857. The average molecular weight is 255 g/mol. The fourth-order valence-corrected chi connectivity index (χ4v) is 2.84. The number of carboxylic acids is 1. The molecule has 0 radical (unpaired) electrons. The monoisotopic (exact) mass is 255 g/mol. The minimum absolute atomic E-state index is 0.0225. The molecule has 0 atom stereocenters. The molecule has 104 valence electrons. The molecule has 1 amide bonds. The minimum atomic E-state index is -0.791. The van der Waals surface area contributed by atoms with Crippen LogP contribution in [0.4, 0.5) is 0 Å². The first kappa shape index (κ1) is 15.0. The van der Waals surface area contributed by atoms with E-state index in [9.17, 15) is 9.59 Å². The lowest BCUT2D eigenvalue weighted by atomic mass is 9.69. The molecule has 1 saturated carbocycles. The van der Waals surface area contributed by atoms with Crippen LogP contribution < -0.4 is 5.32 Å². The maximum absolute atomic E-state index is 12.0. The molecule has 0 spiro atoms. The molecule has 0 aromatic rings. The Labute approximate surface area is 109 Å². The third-order valence-corrected chi connectivity index (χ3v) is 3.49. The maximum atomic E-state index is 12.0. The molecule has 4 heteroatoms. The number of aliphatic carboxylic acids is 1. The Hall–Kier alpha value is -1.06. The second kappa shape index (κ2) is 5.72. The molecule has 18 heavy (non-hydrogen) atoms. The number of carboxylic acid groups (broad SMARTS) is 1. The molecule has 1 aliphatic rings. The van der Waals surface area contributed by atoms with Crippen LogP contribution in [0.2, 0.25) is 0 Å². The highest BCUT2D eigenvalue weighted by Gasteiger charge is 2.36. The average Bonchev–Trinajstić information content (AvgIpc) is 2.13. The first-order valence-electron chi connectivity index (χ1n) is 6.75. The van der Waals surface area contributed by atoms with Crippen LogP contribution in [-0.4, -0.2) is 22.5 Å². The smallest absolute Gasteiger partial charge is 0.303 e. The SMILES string of the molecule is CC(C)(C)NC(=O)CC1(CC(=O)O)CCCCC1. The van der Waals surface area contributed by atoms with Gasteiger partial charge in [-0.2, -0.15) is 0 Å². The Kier molecular flexibility index (Phi) is 4.77. The van der Waals surface area contributed by atoms with Gasteiger partial charge in [-0.3, -0.25) is 9.59 Å². The van der Waals surface area contributed by atoms with E-state index >= 15 is 0 Å². The summed E-state index contributed by atoms with van der Waals surface area (Å²) in [6.07, 6.45) is 5.41. The van der Waals surface area contributed by atoms with Crippen LogP contribution in [0, 0.1) is 5.41 Å². The largest absolute Gasteiger partial charge is 0.481 e. The predicted molar refractivity (Wildman–Crippen MR) is 70.3 cm³/mol. The number of hydrogen-bond acceptors (Lipinski definition) is 2. The van der Waals surface area contributed by atoms with E-state index in [0.717, 1.165) is 32.1 Å². The summed E-state index contributed by atoms with van der Waals surface area (Å²) < 4.78 is 0. The first-order chi connectivity index (χ1) is 8.22. The zero-order valence-corrected chi connectivity index (χ0v) is 11.7. The summed E-state index contributed by atoms with van der Waals surface area (Å²) in [5.74, 6) is -0.814. The lowest BCUT2D eigenvalue weighted by Gasteiger charge is -2.36. The van der Waals surface area contributed by atoms with Crippen LogP contribution >= 0.6 is 0 Å². The Morgan fingerprint density at radius 1 is 1.11 bits per heavy atom. The van der Waals surface area contributed by atoms with Gasteiger partial charge < -0.3 is 10.4 Å². The number of amides is 1. The second-order valence-corrected chi connectivity index (χ2v) is 6.61. The van der Waals surface area contributed by atoms with Crippen molar-refractivity contribution in [2.45, 2.75) is 71.3 Å². The van der Waals surface area contributed by atoms with Crippen LogP contribution in [0.15, 0.2) is 0 Å². The molecule has 0 aromatic carbocycles. The zero-order valence-electron chi connectivity index (χ0n) is 11.7. The Balaban J connectivity index is 2.66.